The summed E-state index contributed by atoms with van der Waals surface area (Å²) in [6.45, 7) is 0. The molecule has 3 nitrogen and oxygen atoms in total. The molecule has 1 aromatic rings. The van der Waals surface area contributed by atoms with Crippen molar-refractivity contribution in [1.29, 1.82) is 5.26 Å². The maximum atomic E-state index is 12.5. The zero-order valence-corrected chi connectivity index (χ0v) is 8.96. The van der Waals surface area contributed by atoms with Crippen molar-refractivity contribution < 1.29 is 13.6 Å². The Balaban J connectivity index is 3.42. The van der Waals surface area contributed by atoms with Gasteiger partial charge in [-0.15, -0.1) is 0 Å². The number of hydrogen-bond acceptors (Lipinski definition) is 3. The summed E-state index contributed by atoms with van der Waals surface area (Å²) in [5.41, 5.74) is -0.499. The lowest BCUT2D eigenvalue weighted by Gasteiger charge is -2.06. The summed E-state index contributed by atoms with van der Waals surface area (Å²) < 4.78 is 25.0. The van der Waals surface area contributed by atoms with Crippen LogP contribution in [-0.2, 0) is 5.33 Å². The Bertz CT molecular complexity index is 429. The first-order valence-corrected chi connectivity index (χ1v) is 4.99. The average Bonchev–Trinajstić information content (AvgIpc) is 2.26. The number of hydrogen-bond donors (Lipinski definition) is 0. The average molecular weight is 275 g/mol. The fraction of sp³-hybridized carbons (Fsp3) is 0.222. The molecule has 0 saturated carbocycles. The van der Waals surface area contributed by atoms with Gasteiger partial charge in [-0.2, -0.15) is 5.26 Å². The third kappa shape index (κ3) is 2.36. The molecule has 1 aromatic heterocycles. The first kappa shape index (κ1) is 11.7. The molecule has 0 amide bonds. The molecule has 0 aliphatic rings. The second-order valence-corrected chi connectivity index (χ2v) is 3.19. The van der Waals surface area contributed by atoms with E-state index >= 15 is 0 Å². The number of pyridine rings is 1. The minimum atomic E-state index is -2.71. The first-order valence-electron chi connectivity index (χ1n) is 3.87. The van der Waals surface area contributed by atoms with Crippen molar-refractivity contribution >= 4 is 22.2 Å². The molecule has 0 aromatic carbocycles. The molecule has 0 fully saturated rings. The van der Waals surface area contributed by atoms with E-state index in [1.807, 2.05) is 0 Å². The molecule has 1 rings (SSSR count). The largest absolute Gasteiger partial charge is 0.298 e. The summed E-state index contributed by atoms with van der Waals surface area (Å²) in [4.78, 5) is 14.2. The Morgan fingerprint density at radius 3 is 2.73 bits per heavy atom. The highest BCUT2D eigenvalue weighted by Crippen LogP contribution is 2.25. The van der Waals surface area contributed by atoms with Crippen LogP contribution in [0.25, 0.3) is 0 Å². The van der Waals surface area contributed by atoms with Crippen molar-refractivity contribution in [2.24, 2.45) is 0 Å². The first-order chi connectivity index (χ1) is 7.13. The van der Waals surface area contributed by atoms with Gasteiger partial charge < -0.3 is 0 Å². The predicted octanol–water partition coefficient (Wildman–Crippen LogP) is 2.60. The van der Waals surface area contributed by atoms with Gasteiger partial charge in [0.05, 0.1) is 11.3 Å². The van der Waals surface area contributed by atoms with Gasteiger partial charge in [-0.1, -0.05) is 15.9 Å². The highest BCUT2D eigenvalue weighted by atomic mass is 79.9. The standard InChI is InChI=1S/C9H5BrF2N2O/c10-2-7-6(9(11)12)1-5(4-15)8(3-13)14-7/h1,4,9H,2H2. The maximum Gasteiger partial charge on any atom is 0.265 e. The highest BCUT2D eigenvalue weighted by Gasteiger charge is 2.17. The molecular weight excluding hydrogens is 270 g/mol. The smallest absolute Gasteiger partial charge is 0.265 e. The van der Waals surface area contributed by atoms with Gasteiger partial charge in [0.25, 0.3) is 6.43 Å². The van der Waals surface area contributed by atoms with Crippen LogP contribution in [0.1, 0.15) is 33.7 Å². The number of nitrogens with zero attached hydrogens (tertiary/aromatic N) is 2. The number of nitriles is 1. The van der Waals surface area contributed by atoms with E-state index < -0.39 is 6.43 Å². The molecule has 0 atom stereocenters. The van der Waals surface area contributed by atoms with Crippen molar-refractivity contribution in [1.82, 2.24) is 4.98 Å². The van der Waals surface area contributed by atoms with E-state index in [1.54, 1.807) is 6.07 Å². The number of halogens is 3. The molecule has 78 valence electrons. The molecule has 0 spiro atoms. The lowest BCUT2D eigenvalue weighted by atomic mass is 10.1. The number of aldehydes is 1. The Morgan fingerprint density at radius 1 is 1.67 bits per heavy atom. The van der Waals surface area contributed by atoms with E-state index in [2.05, 4.69) is 20.9 Å². The molecule has 0 bridgehead atoms. The minimum absolute atomic E-state index is 0.0761. The predicted molar refractivity (Wildman–Crippen MR) is 51.9 cm³/mol. The monoisotopic (exact) mass is 274 g/mol. The summed E-state index contributed by atoms with van der Waals surface area (Å²) >= 11 is 2.99. The summed E-state index contributed by atoms with van der Waals surface area (Å²) in [5, 5.41) is 8.74. The third-order valence-corrected chi connectivity index (χ3v) is 2.29. The van der Waals surface area contributed by atoms with Gasteiger partial charge in [0, 0.05) is 10.9 Å². The molecule has 0 unspecified atom stereocenters. The number of alkyl halides is 3. The van der Waals surface area contributed by atoms with Crippen molar-refractivity contribution in [3.05, 3.63) is 28.6 Å². The van der Waals surface area contributed by atoms with E-state index in [4.69, 9.17) is 5.26 Å². The Morgan fingerprint density at radius 2 is 2.33 bits per heavy atom. The Kier molecular flexibility index (Phi) is 3.86. The zero-order valence-electron chi connectivity index (χ0n) is 7.38. The van der Waals surface area contributed by atoms with Crippen molar-refractivity contribution in [3.63, 3.8) is 0 Å². The molecule has 0 aliphatic heterocycles. The molecule has 6 heteroatoms. The van der Waals surface area contributed by atoms with E-state index in [-0.39, 0.29) is 27.8 Å². The quantitative estimate of drug-likeness (QED) is 0.629. The SMILES string of the molecule is N#Cc1nc(CBr)c(C(F)F)cc1C=O. The van der Waals surface area contributed by atoms with Crippen LogP contribution in [0, 0.1) is 11.3 Å². The maximum absolute atomic E-state index is 12.5. The molecule has 0 aliphatic carbocycles. The van der Waals surface area contributed by atoms with Crippen molar-refractivity contribution in [2.45, 2.75) is 11.8 Å². The van der Waals surface area contributed by atoms with Crippen LogP contribution < -0.4 is 0 Å². The number of carbonyl (C=O) groups is 1. The van der Waals surface area contributed by atoms with Gasteiger partial charge in [-0.25, -0.2) is 13.8 Å². The molecule has 0 radical (unpaired) electrons. The van der Waals surface area contributed by atoms with E-state index in [1.165, 1.54) is 0 Å². The Hall–Kier alpha value is -1.35. The summed E-state index contributed by atoms with van der Waals surface area (Å²) in [6.07, 6.45) is -2.37. The molecule has 0 saturated heterocycles. The van der Waals surface area contributed by atoms with Crippen LogP contribution in [0.15, 0.2) is 6.07 Å². The molecule has 0 N–H and O–H groups in total. The zero-order chi connectivity index (χ0) is 11.4. The summed E-state index contributed by atoms with van der Waals surface area (Å²) in [5.74, 6) is 0. The van der Waals surface area contributed by atoms with Crippen LogP contribution in [0.3, 0.4) is 0 Å². The second kappa shape index (κ2) is 4.94. The van der Waals surface area contributed by atoms with E-state index in [9.17, 15) is 13.6 Å². The third-order valence-electron chi connectivity index (χ3n) is 1.76. The van der Waals surface area contributed by atoms with Gasteiger partial charge in [0.2, 0.25) is 0 Å². The Labute approximate surface area is 92.9 Å². The topological polar surface area (TPSA) is 53.8 Å². The van der Waals surface area contributed by atoms with Gasteiger partial charge in [0.1, 0.15) is 6.07 Å². The second-order valence-electron chi connectivity index (χ2n) is 2.63. The lowest BCUT2D eigenvalue weighted by Crippen LogP contribution is -2.02. The highest BCUT2D eigenvalue weighted by molar-refractivity contribution is 9.08. The van der Waals surface area contributed by atoms with E-state index in [0.29, 0.717) is 6.29 Å². The normalized spacial score (nSPS) is 10.1. The fourth-order valence-electron chi connectivity index (χ4n) is 1.06. The van der Waals surface area contributed by atoms with Crippen molar-refractivity contribution in [2.75, 3.05) is 0 Å². The van der Waals surface area contributed by atoms with Crippen LogP contribution in [0.5, 0.6) is 0 Å². The van der Waals surface area contributed by atoms with E-state index in [0.717, 1.165) is 6.07 Å². The van der Waals surface area contributed by atoms with Crippen LogP contribution in [0.4, 0.5) is 8.78 Å². The van der Waals surface area contributed by atoms with Crippen LogP contribution in [-0.4, -0.2) is 11.3 Å². The fourth-order valence-corrected chi connectivity index (χ4v) is 1.51. The molecular formula is C9H5BrF2N2O. The van der Waals surface area contributed by atoms with Gasteiger partial charge >= 0.3 is 0 Å². The summed E-state index contributed by atoms with van der Waals surface area (Å²) in [6, 6.07) is 2.68. The lowest BCUT2D eigenvalue weighted by molar-refractivity contribution is 0.112. The number of aromatic nitrogens is 1. The van der Waals surface area contributed by atoms with Crippen molar-refractivity contribution in [3.8, 4) is 6.07 Å². The number of carbonyl (C=O) groups excluding carboxylic acids is 1. The number of rotatable bonds is 3. The van der Waals surface area contributed by atoms with Gasteiger partial charge in [-0.05, 0) is 6.07 Å². The summed E-state index contributed by atoms with van der Waals surface area (Å²) in [7, 11) is 0. The minimum Gasteiger partial charge on any atom is -0.298 e. The van der Waals surface area contributed by atoms with Crippen LogP contribution >= 0.6 is 15.9 Å². The van der Waals surface area contributed by atoms with Crippen LogP contribution in [0.2, 0.25) is 0 Å². The molecule has 1 heterocycles. The molecule has 15 heavy (non-hydrogen) atoms. The van der Waals surface area contributed by atoms with Gasteiger partial charge in [-0.3, -0.25) is 4.79 Å². The van der Waals surface area contributed by atoms with Gasteiger partial charge in [0.15, 0.2) is 12.0 Å².